The molecule has 32 heavy (non-hydrogen) atoms. The van der Waals surface area contributed by atoms with Gasteiger partial charge in [-0.1, -0.05) is 30.3 Å². The van der Waals surface area contributed by atoms with Gasteiger partial charge in [0, 0.05) is 5.69 Å². The minimum absolute atomic E-state index is 0.0169. The molecule has 5 nitrogen and oxygen atoms in total. The molecule has 9 heteroatoms. The van der Waals surface area contributed by atoms with Crippen molar-refractivity contribution >= 4 is 27.3 Å². The van der Waals surface area contributed by atoms with Gasteiger partial charge in [-0.25, -0.2) is 8.42 Å². The van der Waals surface area contributed by atoms with Crippen LogP contribution in [0.5, 0.6) is 0 Å². The van der Waals surface area contributed by atoms with E-state index < -0.39 is 34.2 Å². The van der Waals surface area contributed by atoms with Crippen molar-refractivity contribution in [3.63, 3.8) is 0 Å². The molecule has 0 spiro atoms. The summed E-state index contributed by atoms with van der Waals surface area (Å²) in [6, 6.07) is 16.9. The highest BCUT2D eigenvalue weighted by Gasteiger charge is 2.31. The monoisotopic (exact) mass is 462 g/mol. The lowest BCUT2D eigenvalue weighted by molar-refractivity contribution is -0.137. The van der Waals surface area contributed by atoms with Crippen LogP contribution in [0.1, 0.15) is 16.7 Å². The van der Waals surface area contributed by atoms with Gasteiger partial charge in [0.15, 0.2) is 0 Å². The normalized spacial score (nSPS) is 11.8. The summed E-state index contributed by atoms with van der Waals surface area (Å²) in [5.41, 5.74) is 1.08. The summed E-state index contributed by atoms with van der Waals surface area (Å²) < 4.78 is 66.0. The summed E-state index contributed by atoms with van der Waals surface area (Å²) in [5.74, 6) is -0.690. The number of anilines is 2. The van der Waals surface area contributed by atoms with Crippen LogP contribution < -0.4 is 9.62 Å². The summed E-state index contributed by atoms with van der Waals surface area (Å²) in [6.07, 6.45) is -4.49. The Labute approximate surface area is 184 Å². The number of amides is 1. The van der Waals surface area contributed by atoms with Crippen molar-refractivity contribution in [2.24, 2.45) is 0 Å². The highest BCUT2D eigenvalue weighted by Crippen LogP contribution is 2.30. The maximum Gasteiger partial charge on any atom is 0.416 e. The van der Waals surface area contributed by atoms with Crippen molar-refractivity contribution in [1.29, 1.82) is 0 Å². The van der Waals surface area contributed by atoms with Gasteiger partial charge in [0.2, 0.25) is 5.91 Å². The number of nitrogens with one attached hydrogen (secondary N) is 1. The third-order valence-corrected chi connectivity index (χ3v) is 6.52. The van der Waals surface area contributed by atoms with E-state index in [0.717, 1.165) is 34.1 Å². The maximum absolute atomic E-state index is 13.4. The van der Waals surface area contributed by atoms with Gasteiger partial charge in [-0.3, -0.25) is 9.10 Å². The molecule has 168 valence electrons. The number of aryl methyl sites for hydroxylation is 2. The summed E-state index contributed by atoms with van der Waals surface area (Å²) in [6.45, 7) is 2.98. The molecule has 3 rings (SSSR count). The van der Waals surface area contributed by atoms with Gasteiger partial charge < -0.3 is 5.32 Å². The first-order valence-corrected chi connectivity index (χ1v) is 11.0. The molecule has 3 aromatic carbocycles. The van der Waals surface area contributed by atoms with Crippen molar-refractivity contribution in [2.45, 2.75) is 24.9 Å². The molecule has 0 saturated carbocycles. The standard InChI is InChI=1S/C23H21F3N2O3S/c1-16-8-9-17(2)21(14-16)28(32(30,31)20-6-4-3-5-7-20)15-22(29)27-19-12-10-18(11-13-19)23(24,25)26/h3-14H,15H2,1-2H3,(H,27,29). The van der Waals surface area contributed by atoms with Crippen LogP contribution in [0.25, 0.3) is 0 Å². The summed E-state index contributed by atoms with van der Waals surface area (Å²) in [5, 5.41) is 2.47. The fraction of sp³-hybridized carbons (Fsp3) is 0.174. The molecule has 0 radical (unpaired) electrons. The largest absolute Gasteiger partial charge is 0.416 e. The number of rotatable bonds is 6. The average Bonchev–Trinajstić information content (AvgIpc) is 2.74. The average molecular weight is 462 g/mol. The van der Waals surface area contributed by atoms with Gasteiger partial charge in [0.25, 0.3) is 10.0 Å². The second-order valence-electron chi connectivity index (χ2n) is 7.24. The van der Waals surface area contributed by atoms with Gasteiger partial charge in [-0.15, -0.1) is 0 Å². The third kappa shape index (κ3) is 5.28. The number of halogens is 3. The zero-order valence-electron chi connectivity index (χ0n) is 17.3. The molecule has 0 bridgehead atoms. The van der Waals surface area contributed by atoms with Crippen LogP contribution >= 0.6 is 0 Å². The van der Waals surface area contributed by atoms with Crippen LogP contribution in [-0.4, -0.2) is 20.9 Å². The van der Waals surface area contributed by atoms with E-state index in [0.29, 0.717) is 11.3 Å². The second-order valence-corrected chi connectivity index (χ2v) is 9.10. The lowest BCUT2D eigenvalue weighted by Crippen LogP contribution is -2.38. The number of hydrogen-bond acceptors (Lipinski definition) is 3. The van der Waals surface area contributed by atoms with Crippen LogP contribution in [0.4, 0.5) is 24.5 Å². The molecule has 1 N–H and O–H groups in total. The molecule has 0 unspecified atom stereocenters. The van der Waals surface area contributed by atoms with E-state index in [1.54, 1.807) is 44.2 Å². The molecule has 0 fully saturated rings. The Hall–Kier alpha value is -3.33. The van der Waals surface area contributed by atoms with Crippen LogP contribution in [0.15, 0.2) is 77.7 Å². The van der Waals surface area contributed by atoms with Crippen LogP contribution in [-0.2, 0) is 21.0 Å². The summed E-state index contributed by atoms with van der Waals surface area (Å²) in [7, 11) is -4.08. The van der Waals surface area contributed by atoms with Crippen molar-refractivity contribution in [3.8, 4) is 0 Å². The minimum Gasteiger partial charge on any atom is -0.325 e. The predicted octanol–water partition coefficient (Wildman–Crippen LogP) is 5.16. The Morgan fingerprint density at radius 2 is 1.56 bits per heavy atom. The van der Waals surface area contributed by atoms with Crippen molar-refractivity contribution in [1.82, 2.24) is 0 Å². The molecule has 0 aromatic heterocycles. The molecule has 0 aliphatic heterocycles. The summed E-state index contributed by atoms with van der Waals surface area (Å²) in [4.78, 5) is 12.7. The van der Waals surface area contributed by atoms with E-state index in [1.165, 1.54) is 12.1 Å². The van der Waals surface area contributed by atoms with E-state index in [2.05, 4.69) is 5.32 Å². The first kappa shape index (κ1) is 23.3. The Morgan fingerprint density at radius 3 is 2.16 bits per heavy atom. The number of hydrogen-bond donors (Lipinski definition) is 1. The van der Waals surface area contributed by atoms with E-state index in [1.807, 2.05) is 6.07 Å². The SMILES string of the molecule is Cc1ccc(C)c(N(CC(=O)Nc2ccc(C(F)(F)F)cc2)S(=O)(=O)c2ccccc2)c1. The fourth-order valence-corrected chi connectivity index (χ4v) is 4.58. The minimum atomic E-state index is -4.49. The lowest BCUT2D eigenvalue weighted by Gasteiger charge is -2.26. The van der Waals surface area contributed by atoms with Crippen LogP contribution in [0.3, 0.4) is 0 Å². The number of carbonyl (C=O) groups is 1. The number of nitrogens with zero attached hydrogens (tertiary/aromatic N) is 1. The first-order valence-electron chi connectivity index (χ1n) is 9.60. The molecule has 0 aliphatic rings. The Bertz CT molecular complexity index is 1210. The first-order chi connectivity index (χ1) is 15.0. The quantitative estimate of drug-likeness (QED) is 0.551. The van der Waals surface area contributed by atoms with Crippen molar-refractivity contribution in [3.05, 3.63) is 89.5 Å². The molecular weight excluding hydrogens is 441 g/mol. The topological polar surface area (TPSA) is 66.5 Å². The molecular formula is C23H21F3N2O3S. The Morgan fingerprint density at radius 1 is 0.938 bits per heavy atom. The van der Waals surface area contributed by atoms with E-state index >= 15 is 0 Å². The van der Waals surface area contributed by atoms with Crippen molar-refractivity contribution < 1.29 is 26.4 Å². The van der Waals surface area contributed by atoms with Crippen molar-refractivity contribution in [2.75, 3.05) is 16.2 Å². The number of sulfonamides is 1. The number of alkyl halides is 3. The second kappa shape index (κ2) is 9.04. The summed E-state index contributed by atoms with van der Waals surface area (Å²) >= 11 is 0. The van der Waals surface area contributed by atoms with Gasteiger partial charge in [-0.05, 0) is 67.4 Å². The third-order valence-electron chi connectivity index (χ3n) is 4.75. The van der Waals surface area contributed by atoms with Gasteiger partial charge in [0.1, 0.15) is 6.54 Å². The zero-order valence-corrected chi connectivity index (χ0v) is 18.2. The number of benzene rings is 3. The molecule has 0 saturated heterocycles. The predicted molar refractivity (Wildman–Crippen MR) is 117 cm³/mol. The highest BCUT2D eigenvalue weighted by atomic mass is 32.2. The Kier molecular flexibility index (Phi) is 6.59. The smallest absolute Gasteiger partial charge is 0.325 e. The molecule has 0 atom stereocenters. The van der Waals surface area contributed by atoms with Crippen LogP contribution in [0, 0.1) is 13.8 Å². The molecule has 0 aliphatic carbocycles. The van der Waals surface area contributed by atoms with E-state index in [9.17, 15) is 26.4 Å². The zero-order chi connectivity index (χ0) is 23.5. The van der Waals surface area contributed by atoms with Crippen LogP contribution in [0.2, 0.25) is 0 Å². The number of carbonyl (C=O) groups excluding carboxylic acids is 1. The molecule has 3 aromatic rings. The fourth-order valence-electron chi connectivity index (χ4n) is 3.08. The molecule has 1 amide bonds. The van der Waals surface area contributed by atoms with Gasteiger partial charge in [0.05, 0.1) is 16.1 Å². The maximum atomic E-state index is 13.4. The van der Waals surface area contributed by atoms with E-state index in [4.69, 9.17) is 0 Å². The Balaban J connectivity index is 1.92. The van der Waals surface area contributed by atoms with Gasteiger partial charge in [-0.2, -0.15) is 13.2 Å². The van der Waals surface area contributed by atoms with Gasteiger partial charge >= 0.3 is 6.18 Å². The highest BCUT2D eigenvalue weighted by molar-refractivity contribution is 7.92. The lowest BCUT2D eigenvalue weighted by atomic mass is 10.1. The van der Waals surface area contributed by atoms with E-state index in [-0.39, 0.29) is 10.6 Å². The molecule has 0 heterocycles.